The summed E-state index contributed by atoms with van der Waals surface area (Å²) in [7, 11) is -4.13. The van der Waals surface area contributed by atoms with E-state index in [1.54, 1.807) is 12.1 Å². The Bertz CT molecular complexity index is 1850. The Balaban J connectivity index is 1.03. The molecule has 2 bridgehead atoms. The highest BCUT2D eigenvalue weighted by atomic mass is 32.2. The molecule has 8 unspecified atom stereocenters. The summed E-state index contributed by atoms with van der Waals surface area (Å²) in [6, 6.07) is 6.97. The molecule has 3 heterocycles. The number of halogens is 2. The van der Waals surface area contributed by atoms with Crippen LogP contribution in [0.4, 0.5) is 18.7 Å². The molecule has 1 spiro atoms. The minimum atomic E-state index is -4.13. The quantitative estimate of drug-likeness (QED) is 0.228. The fourth-order valence-corrected chi connectivity index (χ4v) is 10.7. The number of sulfonamides is 1. The number of nitrogens with zero attached hydrogens (tertiary/aromatic N) is 2. The van der Waals surface area contributed by atoms with Crippen molar-refractivity contribution in [1.29, 1.82) is 0 Å². The first-order chi connectivity index (χ1) is 23.4. The number of anilines is 1. The van der Waals surface area contributed by atoms with Gasteiger partial charge in [0.25, 0.3) is 0 Å². The number of rotatable bonds is 13. The number of carbonyl (C=O) groups is 1. The lowest BCUT2D eigenvalue weighted by atomic mass is 9.53. The number of nitrogens with one attached hydrogen (secondary N) is 2. The molecule has 264 valence electrons. The first kappa shape index (κ1) is 33.2. The molecule has 15 heteroatoms. The van der Waals surface area contributed by atoms with Crippen molar-refractivity contribution >= 4 is 42.8 Å². The summed E-state index contributed by atoms with van der Waals surface area (Å²) in [5, 5.41) is 18.4. The third-order valence-electron chi connectivity index (χ3n) is 10.6. The third kappa shape index (κ3) is 6.20. The summed E-state index contributed by atoms with van der Waals surface area (Å²) in [6.07, 6.45) is 1.02. The number of amides is 1. The maximum atomic E-state index is 14.2. The van der Waals surface area contributed by atoms with E-state index >= 15 is 0 Å². The van der Waals surface area contributed by atoms with Gasteiger partial charge in [-0.2, -0.15) is 4.31 Å². The predicted molar refractivity (Wildman–Crippen MR) is 176 cm³/mol. The van der Waals surface area contributed by atoms with Crippen molar-refractivity contribution in [3.63, 3.8) is 0 Å². The summed E-state index contributed by atoms with van der Waals surface area (Å²) in [4.78, 5) is 18.1. The average Bonchev–Trinajstić information content (AvgIpc) is 3.65. The van der Waals surface area contributed by atoms with E-state index in [0.29, 0.717) is 22.2 Å². The minimum Gasteiger partial charge on any atom is -0.443 e. The Kier molecular flexibility index (Phi) is 8.39. The summed E-state index contributed by atoms with van der Waals surface area (Å²) < 4.78 is 76.5. The lowest BCUT2D eigenvalue weighted by molar-refractivity contribution is -0.360. The zero-order valence-electron chi connectivity index (χ0n) is 27.2. The van der Waals surface area contributed by atoms with Crippen LogP contribution in [0.1, 0.15) is 51.5 Å². The second-order valence-corrected chi connectivity index (χ2v) is 17.5. The summed E-state index contributed by atoms with van der Waals surface area (Å²) >= 11 is 1.38. The predicted octanol–water partition coefficient (Wildman–Crippen LogP) is 4.79. The van der Waals surface area contributed by atoms with Crippen LogP contribution in [0.2, 0.25) is 0 Å². The molecule has 0 radical (unpaired) electrons. The zero-order chi connectivity index (χ0) is 34.2. The summed E-state index contributed by atoms with van der Waals surface area (Å²) in [5.41, 5.74) is 0.544. The van der Waals surface area contributed by atoms with E-state index in [4.69, 9.17) is 14.2 Å². The molecule has 3 N–H and O–H groups in total. The van der Waals surface area contributed by atoms with E-state index in [0.717, 1.165) is 55.4 Å². The molecule has 2 aliphatic heterocycles. The van der Waals surface area contributed by atoms with Crippen molar-refractivity contribution in [2.45, 2.75) is 99.6 Å². The molecular formula is C34H40F2N4O7S2. The van der Waals surface area contributed by atoms with Crippen LogP contribution < -0.4 is 10.6 Å². The van der Waals surface area contributed by atoms with Crippen LogP contribution in [-0.4, -0.2) is 84.3 Å². The summed E-state index contributed by atoms with van der Waals surface area (Å²) in [6.45, 7) is 3.41. The number of alkyl carbamates (subject to hydrolysis) is 1. The van der Waals surface area contributed by atoms with Crippen LogP contribution in [0, 0.1) is 29.4 Å². The maximum Gasteiger partial charge on any atom is 0.407 e. The van der Waals surface area contributed by atoms with Crippen LogP contribution in [0.5, 0.6) is 0 Å². The van der Waals surface area contributed by atoms with E-state index in [2.05, 4.69) is 15.6 Å². The van der Waals surface area contributed by atoms with E-state index in [1.807, 2.05) is 13.8 Å². The number of thiazole rings is 1. The molecule has 3 aliphatic carbocycles. The van der Waals surface area contributed by atoms with E-state index in [-0.39, 0.29) is 53.3 Å². The van der Waals surface area contributed by atoms with Crippen molar-refractivity contribution in [2.24, 2.45) is 17.8 Å². The van der Waals surface area contributed by atoms with Crippen molar-refractivity contribution in [1.82, 2.24) is 14.6 Å². The standard InChI is InChI=1S/C34H40F2N4O7S2/c1-17(2)15-40(49(43,44)22-5-6-25-29(13-22)48-32(38-25)37-21-3-4-21)16-27(41)26(11-18-9-19(35)12-20(36)10-18)39-33(42)46-30-23-7-8-34(23)24-14-28(30)45-31(24)47-34/h5-6,9-10,12-13,17,21,23-24,26-28,30-31,41H,3-4,7-8,11,14-16H2,1-2H3,(H,37,38)(H,39,42). The molecule has 5 fully saturated rings. The second kappa shape index (κ2) is 12.4. The molecular weight excluding hydrogens is 679 g/mol. The van der Waals surface area contributed by atoms with Gasteiger partial charge in [0, 0.05) is 37.0 Å². The first-order valence-corrected chi connectivity index (χ1v) is 19.2. The Morgan fingerprint density at radius 3 is 2.61 bits per heavy atom. The Morgan fingerprint density at radius 2 is 1.92 bits per heavy atom. The van der Waals surface area contributed by atoms with Gasteiger partial charge >= 0.3 is 6.09 Å². The average molecular weight is 719 g/mol. The van der Waals surface area contributed by atoms with Crippen LogP contribution in [0.3, 0.4) is 0 Å². The molecule has 2 aromatic carbocycles. The number of benzene rings is 2. The Morgan fingerprint density at radius 1 is 1.14 bits per heavy atom. The lowest BCUT2D eigenvalue weighted by Crippen LogP contribution is -2.71. The number of aromatic nitrogens is 1. The van der Waals surface area contributed by atoms with E-state index in [1.165, 1.54) is 21.7 Å². The lowest BCUT2D eigenvalue weighted by Gasteiger charge is -2.63. The van der Waals surface area contributed by atoms with Gasteiger partial charge in [-0.25, -0.2) is 27.0 Å². The van der Waals surface area contributed by atoms with Gasteiger partial charge in [0.1, 0.15) is 17.7 Å². The number of carbonyl (C=O) groups excluding carboxylic acids is 1. The van der Waals surface area contributed by atoms with Gasteiger partial charge < -0.3 is 30.0 Å². The Hall–Kier alpha value is -2.95. The first-order valence-electron chi connectivity index (χ1n) is 17.0. The van der Waals surface area contributed by atoms with Gasteiger partial charge in [-0.3, -0.25) is 0 Å². The monoisotopic (exact) mass is 718 g/mol. The molecule has 11 nitrogen and oxygen atoms in total. The molecule has 3 aromatic rings. The molecule has 8 atom stereocenters. The maximum absolute atomic E-state index is 14.2. The van der Waals surface area contributed by atoms with Crippen LogP contribution in [-0.2, 0) is 30.7 Å². The molecule has 8 rings (SSSR count). The third-order valence-corrected chi connectivity index (χ3v) is 13.4. The van der Waals surface area contributed by atoms with Crippen molar-refractivity contribution < 1.29 is 41.3 Å². The van der Waals surface area contributed by atoms with Gasteiger partial charge in [0.05, 0.1) is 39.0 Å². The topological polar surface area (TPSA) is 139 Å². The highest BCUT2D eigenvalue weighted by molar-refractivity contribution is 7.89. The Labute approximate surface area is 287 Å². The van der Waals surface area contributed by atoms with Gasteiger partial charge in [-0.15, -0.1) is 0 Å². The number of hydrogen-bond acceptors (Lipinski definition) is 10. The van der Waals surface area contributed by atoms with Crippen molar-refractivity contribution in [2.75, 3.05) is 18.4 Å². The highest BCUT2D eigenvalue weighted by Crippen LogP contribution is 2.66. The highest BCUT2D eigenvalue weighted by Gasteiger charge is 2.75. The van der Waals surface area contributed by atoms with Gasteiger partial charge in [0.15, 0.2) is 11.4 Å². The molecule has 5 aliphatic rings. The van der Waals surface area contributed by atoms with Gasteiger partial charge in [-0.1, -0.05) is 25.2 Å². The van der Waals surface area contributed by atoms with E-state index in [9.17, 15) is 27.1 Å². The summed E-state index contributed by atoms with van der Waals surface area (Å²) in [5.74, 6) is -1.42. The zero-order valence-corrected chi connectivity index (χ0v) is 28.8. The number of aliphatic hydroxyl groups is 1. The van der Waals surface area contributed by atoms with Gasteiger partial charge in [-0.05, 0) is 80.3 Å². The number of aliphatic hydroxyl groups excluding tert-OH is 1. The van der Waals surface area contributed by atoms with Crippen LogP contribution >= 0.6 is 11.3 Å². The number of hydrogen-bond donors (Lipinski definition) is 3. The van der Waals surface area contributed by atoms with E-state index < -0.39 is 52.5 Å². The van der Waals surface area contributed by atoms with Crippen LogP contribution in [0.15, 0.2) is 41.3 Å². The fourth-order valence-electron chi connectivity index (χ4n) is 8.00. The van der Waals surface area contributed by atoms with Crippen molar-refractivity contribution in [3.05, 3.63) is 53.6 Å². The fraction of sp³-hybridized carbons (Fsp3) is 0.588. The molecule has 1 aromatic heterocycles. The molecule has 3 saturated carbocycles. The smallest absolute Gasteiger partial charge is 0.407 e. The minimum absolute atomic E-state index is 0.00423. The van der Waals surface area contributed by atoms with Crippen LogP contribution in [0.25, 0.3) is 10.2 Å². The van der Waals surface area contributed by atoms with Crippen molar-refractivity contribution in [3.8, 4) is 0 Å². The molecule has 1 amide bonds. The normalized spacial score (nSPS) is 29.7. The second-order valence-electron chi connectivity index (χ2n) is 14.6. The van der Waals surface area contributed by atoms with Gasteiger partial charge in [0.2, 0.25) is 10.0 Å². The number of fused-ring (bicyclic) bond motifs is 2. The SMILES string of the molecule is CC(C)CN(CC(O)C(Cc1cc(F)cc(F)c1)NC(=O)OC1C2CC3C(O2)OC32CCC12)S(=O)(=O)c1ccc2nc(NC3CC3)sc2c1. The number of ether oxygens (including phenoxy) is 3. The largest absolute Gasteiger partial charge is 0.443 e. The molecule has 49 heavy (non-hydrogen) atoms. The molecule has 2 saturated heterocycles.